The highest BCUT2D eigenvalue weighted by molar-refractivity contribution is 9.10. The third-order valence-electron chi connectivity index (χ3n) is 2.26. The van der Waals surface area contributed by atoms with Crippen molar-refractivity contribution in [3.63, 3.8) is 0 Å². The Hall–Kier alpha value is -0.450. The lowest BCUT2D eigenvalue weighted by atomic mass is 9.97. The number of nitrogens with one attached hydrogen (secondary N) is 1. The number of nitrogens with two attached hydrogens (primary N) is 1. The second-order valence-electron chi connectivity index (χ2n) is 3.98. The number of halogens is 2. The first-order chi connectivity index (χ1) is 7.06. The van der Waals surface area contributed by atoms with Crippen LogP contribution in [-0.4, -0.2) is 0 Å². The van der Waals surface area contributed by atoms with Gasteiger partial charge in [0.1, 0.15) is 5.82 Å². The van der Waals surface area contributed by atoms with E-state index in [9.17, 15) is 4.39 Å². The van der Waals surface area contributed by atoms with Gasteiger partial charge >= 0.3 is 0 Å². The molecular weight excluding hydrogens is 259 g/mol. The Labute approximate surface area is 98.1 Å². The lowest BCUT2D eigenvalue weighted by molar-refractivity contribution is 0.421. The van der Waals surface area contributed by atoms with Crippen LogP contribution >= 0.6 is 15.9 Å². The topological polar surface area (TPSA) is 38.0 Å². The predicted octanol–water partition coefficient (Wildman–Crippen LogP) is 3.14. The van der Waals surface area contributed by atoms with Gasteiger partial charge in [-0.2, -0.15) is 0 Å². The summed E-state index contributed by atoms with van der Waals surface area (Å²) in [6.07, 6.45) is 0.802. The normalized spacial score (nSPS) is 13.2. The van der Waals surface area contributed by atoms with E-state index in [2.05, 4.69) is 35.2 Å². The monoisotopic (exact) mass is 274 g/mol. The van der Waals surface area contributed by atoms with E-state index >= 15 is 0 Å². The molecule has 0 heterocycles. The average Bonchev–Trinajstić information content (AvgIpc) is 2.15. The minimum absolute atomic E-state index is 0.152. The van der Waals surface area contributed by atoms with Crippen LogP contribution in [0, 0.1) is 11.7 Å². The van der Waals surface area contributed by atoms with E-state index in [0.29, 0.717) is 11.5 Å². The van der Waals surface area contributed by atoms with Crippen molar-refractivity contribution in [2.45, 2.75) is 26.3 Å². The summed E-state index contributed by atoms with van der Waals surface area (Å²) in [7, 11) is 0. The Morgan fingerprint density at radius 3 is 2.60 bits per heavy atom. The molecule has 1 aromatic carbocycles. The van der Waals surface area contributed by atoms with Crippen molar-refractivity contribution in [1.29, 1.82) is 0 Å². The smallest absolute Gasteiger partial charge is 0.129 e. The van der Waals surface area contributed by atoms with E-state index in [1.165, 1.54) is 6.07 Å². The van der Waals surface area contributed by atoms with Crippen LogP contribution in [0.5, 0.6) is 0 Å². The third-order valence-corrected chi connectivity index (χ3v) is 2.95. The van der Waals surface area contributed by atoms with E-state index in [1.54, 1.807) is 6.07 Å². The second-order valence-corrected chi connectivity index (χ2v) is 4.84. The molecule has 0 fully saturated rings. The first-order valence-electron chi connectivity index (χ1n) is 4.96. The van der Waals surface area contributed by atoms with Gasteiger partial charge in [0.15, 0.2) is 0 Å². The predicted molar refractivity (Wildman–Crippen MR) is 63.6 cm³/mol. The van der Waals surface area contributed by atoms with Crippen LogP contribution in [0.1, 0.15) is 31.9 Å². The molecule has 0 radical (unpaired) electrons. The van der Waals surface area contributed by atoms with Gasteiger partial charge in [-0.1, -0.05) is 35.8 Å². The van der Waals surface area contributed by atoms with Gasteiger partial charge in [0.25, 0.3) is 0 Å². The van der Waals surface area contributed by atoms with Gasteiger partial charge in [0.2, 0.25) is 0 Å². The molecule has 0 aliphatic rings. The number of hydrazine groups is 1. The lowest BCUT2D eigenvalue weighted by Gasteiger charge is -2.20. The van der Waals surface area contributed by atoms with E-state index in [0.717, 1.165) is 10.9 Å². The molecule has 0 aliphatic carbocycles. The van der Waals surface area contributed by atoms with Crippen molar-refractivity contribution >= 4 is 15.9 Å². The largest absolute Gasteiger partial charge is 0.271 e. The van der Waals surface area contributed by atoms with Crippen molar-refractivity contribution < 1.29 is 4.39 Å². The molecule has 1 atom stereocenters. The third kappa shape index (κ3) is 3.26. The van der Waals surface area contributed by atoms with Crippen molar-refractivity contribution in [2.75, 3.05) is 0 Å². The SMILES string of the molecule is CC(C)CC(NN)c1c(F)cccc1Br. The van der Waals surface area contributed by atoms with Crippen molar-refractivity contribution in [3.05, 3.63) is 34.1 Å². The minimum atomic E-state index is -0.229. The fraction of sp³-hybridized carbons (Fsp3) is 0.455. The van der Waals surface area contributed by atoms with Crippen LogP contribution in [0.25, 0.3) is 0 Å². The highest BCUT2D eigenvalue weighted by atomic mass is 79.9. The molecule has 1 rings (SSSR count). The fourth-order valence-corrected chi connectivity index (χ4v) is 2.20. The highest BCUT2D eigenvalue weighted by Crippen LogP contribution is 2.29. The highest BCUT2D eigenvalue weighted by Gasteiger charge is 2.18. The van der Waals surface area contributed by atoms with Crippen LogP contribution in [0.15, 0.2) is 22.7 Å². The molecule has 0 amide bonds. The Balaban J connectivity index is 3.00. The number of hydrogen-bond acceptors (Lipinski definition) is 2. The second kappa shape index (κ2) is 5.58. The first-order valence-corrected chi connectivity index (χ1v) is 5.75. The fourth-order valence-electron chi connectivity index (χ4n) is 1.58. The Bertz CT molecular complexity index is 308. The van der Waals surface area contributed by atoms with E-state index in [4.69, 9.17) is 5.84 Å². The summed E-state index contributed by atoms with van der Waals surface area (Å²) in [5, 5.41) is 0. The standard InChI is InChI=1S/C11H16BrFN2/c1-7(2)6-10(15-14)11-8(12)4-3-5-9(11)13/h3-5,7,10,15H,6,14H2,1-2H3. The quantitative estimate of drug-likeness (QED) is 0.654. The van der Waals surface area contributed by atoms with Crippen LogP contribution < -0.4 is 11.3 Å². The maximum absolute atomic E-state index is 13.6. The molecule has 15 heavy (non-hydrogen) atoms. The summed E-state index contributed by atoms with van der Waals surface area (Å²) in [6.45, 7) is 4.16. The molecule has 0 aliphatic heterocycles. The molecule has 0 saturated heterocycles. The zero-order valence-electron chi connectivity index (χ0n) is 8.93. The zero-order valence-corrected chi connectivity index (χ0v) is 10.5. The number of benzene rings is 1. The molecule has 0 bridgehead atoms. The summed E-state index contributed by atoms with van der Waals surface area (Å²) in [6, 6.07) is 4.79. The average molecular weight is 275 g/mol. The Kier molecular flexibility index (Phi) is 4.70. The van der Waals surface area contributed by atoms with Gasteiger partial charge < -0.3 is 0 Å². The maximum atomic E-state index is 13.6. The number of hydrogen-bond donors (Lipinski definition) is 2. The van der Waals surface area contributed by atoms with E-state index in [1.807, 2.05) is 6.07 Å². The zero-order chi connectivity index (χ0) is 11.4. The summed E-state index contributed by atoms with van der Waals surface area (Å²) in [4.78, 5) is 0. The summed E-state index contributed by atoms with van der Waals surface area (Å²) < 4.78 is 14.4. The van der Waals surface area contributed by atoms with Crippen LogP contribution in [0.3, 0.4) is 0 Å². The Morgan fingerprint density at radius 2 is 2.13 bits per heavy atom. The molecule has 1 aromatic rings. The van der Waals surface area contributed by atoms with Gasteiger partial charge in [0.05, 0.1) is 6.04 Å². The van der Waals surface area contributed by atoms with E-state index < -0.39 is 0 Å². The van der Waals surface area contributed by atoms with Crippen molar-refractivity contribution in [2.24, 2.45) is 11.8 Å². The van der Waals surface area contributed by atoms with Gasteiger partial charge in [-0.3, -0.25) is 11.3 Å². The van der Waals surface area contributed by atoms with Gasteiger partial charge in [-0.05, 0) is 24.5 Å². The Morgan fingerprint density at radius 1 is 1.47 bits per heavy atom. The molecule has 1 unspecified atom stereocenters. The molecule has 0 spiro atoms. The minimum Gasteiger partial charge on any atom is -0.271 e. The van der Waals surface area contributed by atoms with Crippen LogP contribution in [-0.2, 0) is 0 Å². The van der Waals surface area contributed by atoms with Crippen LogP contribution in [0.2, 0.25) is 0 Å². The molecule has 84 valence electrons. The summed E-state index contributed by atoms with van der Waals surface area (Å²) in [5.41, 5.74) is 3.27. The lowest BCUT2D eigenvalue weighted by Crippen LogP contribution is -2.30. The maximum Gasteiger partial charge on any atom is 0.129 e. The molecule has 4 heteroatoms. The first kappa shape index (κ1) is 12.6. The van der Waals surface area contributed by atoms with Crippen LogP contribution in [0.4, 0.5) is 4.39 Å². The molecule has 3 N–H and O–H groups in total. The van der Waals surface area contributed by atoms with Gasteiger partial charge in [0, 0.05) is 10.0 Å². The molecule has 0 saturated carbocycles. The number of rotatable bonds is 4. The van der Waals surface area contributed by atoms with E-state index in [-0.39, 0.29) is 11.9 Å². The summed E-state index contributed by atoms with van der Waals surface area (Å²) in [5.74, 6) is 5.68. The van der Waals surface area contributed by atoms with Gasteiger partial charge in [-0.25, -0.2) is 4.39 Å². The van der Waals surface area contributed by atoms with Crippen molar-refractivity contribution in [1.82, 2.24) is 5.43 Å². The van der Waals surface area contributed by atoms with Gasteiger partial charge in [-0.15, -0.1) is 0 Å². The summed E-state index contributed by atoms with van der Waals surface area (Å²) >= 11 is 3.34. The molecular formula is C11H16BrFN2. The molecule has 0 aromatic heterocycles. The molecule has 2 nitrogen and oxygen atoms in total. The van der Waals surface area contributed by atoms with Crippen molar-refractivity contribution in [3.8, 4) is 0 Å².